The van der Waals surface area contributed by atoms with E-state index in [2.05, 4.69) is 10.3 Å². The normalized spacial score (nSPS) is 22.2. The van der Waals surface area contributed by atoms with Gasteiger partial charge in [0.15, 0.2) is 0 Å². The molecule has 2 fully saturated rings. The van der Waals surface area contributed by atoms with Gasteiger partial charge in [-0.1, -0.05) is 0 Å². The highest BCUT2D eigenvalue weighted by molar-refractivity contribution is 5.85. The number of carbonyl (C=O) groups excluding carboxylic acids is 2. The molecule has 1 aromatic rings. The number of amides is 2. The summed E-state index contributed by atoms with van der Waals surface area (Å²) < 4.78 is 1.54. The molecule has 26 heavy (non-hydrogen) atoms. The van der Waals surface area contributed by atoms with E-state index in [0.717, 1.165) is 31.6 Å². The number of carboxylic acid groups (broad SMARTS) is 1. The number of aromatic nitrogens is 2. The molecule has 3 aliphatic heterocycles. The van der Waals surface area contributed by atoms with Gasteiger partial charge < -0.3 is 20.2 Å². The number of piperidine rings is 1. The molecule has 1 atom stereocenters. The van der Waals surface area contributed by atoms with E-state index in [1.807, 2.05) is 4.90 Å². The van der Waals surface area contributed by atoms with Crippen LogP contribution in [0.2, 0.25) is 0 Å². The van der Waals surface area contributed by atoms with Crippen molar-refractivity contribution >= 4 is 17.9 Å². The topological polar surface area (TPSA) is 108 Å². The number of hydrogen-bond acceptors (Lipinski definition) is 5. The van der Waals surface area contributed by atoms with E-state index in [9.17, 15) is 19.5 Å². The van der Waals surface area contributed by atoms with Crippen molar-refractivity contribution in [3.63, 3.8) is 0 Å². The zero-order valence-electron chi connectivity index (χ0n) is 14.6. The maximum absolute atomic E-state index is 12.9. The van der Waals surface area contributed by atoms with Crippen LogP contribution in [0.3, 0.4) is 0 Å². The van der Waals surface area contributed by atoms with Gasteiger partial charge in [0.05, 0.1) is 18.4 Å². The highest BCUT2D eigenvalue weighted by Crippen LogP contribution is 2.26. The first-order valence-electron chi connectivity index (χ1n) is 9.15. The van der Waals surface area contributed by atoms with Crippen molar-refractivity contribution in [2.24, 2.45) is 0 Å². The maximum Gasteiger partial charge on any atom is 0.330 e. The van der Waals surface area contributed by atoms with Gasteiger partial charge in [-0.25, -0.2) is 14.6 Å². The molecule has 1 unspecified atom stereocenters. The van der Waals surface area contributed by atoms with Crippen LogP contribution in [0, 0.1) is 0 Å². The average molecular weight is 361 g/mol. The van der Waals surface area contributed by atoms with Crippen molar-refractivity contribution in [1.29, 1.82) is 0 Å². The predicted molar refractivity (Wildman–Crippen MR) is 90.5 cm³/mol. The molecule has 4 rings (SSSR count). The molecule has 2 N–H and O–H groups in total. The number of imidazole rings is 1. The van der Waals surface area contributed by atoms with Crippen molar-refractivity contribution in [1.82, 2.24) is 24.7 Å². The number of carbonyl (C=O) groups is 3. The third-order valence-corrected chi connectivity index (χ3v) is 5.57. The van der Waals surface area contributed by atoms with Gasteiger partial charge >= 0.3 is 12.0 Å². The van der Waals surface area contributed by atoms with Gasteiger partial charge in [-0.15, -0.1) is 0 Å². The molecule has 0 aliphatic carbocycles. The van der Waals surface area contributed by atoms with E-state index in [4.69, 9.17) is 0 Å². The molecule has 0 bridgehead atoms. The monoisotopic (exact) mass is 361 g/mol. The molecular weight excluding hydrogens is 338 g/mol. The van der Waals surface area contributed by atoms with Crippen LogP contribution < -0.4 is 5.32 Å². The minimum absolute atomic E-state index is 0.0485. The van der Waals surface area contributed by atoms with Gasteiger partial charge in [-0.2, -0.15) is 0 Å². The van der Waals surface area contributed by atoms with E-state index in [0.29, 0.717) is 31.8 Å². The summed E-state index contributed by atoms with van der Waals surface area (Å²) >= 11 is 0. The highest BCUT2D eigenvalue weighted by Gasteiger charge is 2.38. The summed E-state index contributed by atoms with van der Waals surface area (Å²) in [6.45, 7) is 2.74. The van der Waals surface area contributed by atoms with Crippen LogP contribution in [-0.2, 0) is 22.6 Å². The Balaban J connectivity index is 1.54. The number of nitrogens with one attached hydrogen (secondary N) is 1. The Bertz CT molecular complexity index is 740. The van der Waals surface area contributed by atoms with Crippen molar-refractivity contribution < 1.29 is 19.5 Å². The summed E-state index contributed by atoms with van der Waals surface area (Å²) in [5, 5.41) is 12.9. The number of hydrogen-bond donors (Lipinski definition) is 2. The molecule has 3 aliphatic rings. The van der Waals surface area contributed by atoms with E-state index in [1.54, 1.807) is 10.8 Å². The first-order chi connectivity index (χ1) is 12.6. The lowest BCUT2D eigenvalue weighted by Crippen LogP contribution is -2.45. The first-order valence-corrected chi connectivity index (χ1v) is 9.15. The Morgan fingerprint density at radius 3 is 2.77 bits per heavy atom. The third-order valence-electron chi connectivity index (χ3n) is 5.57. The Hall–Kier alpha value is -2.42. The van der Waals surface area contributed by atoms with Crippen LogP contribution >= 0.6 is 0 Å². The summed E-state index contributed by atoms with van der Waals surface area (Å²) in [5.74, 6) is -0.778. The zero-order valence-corrected chi connectivity index (χ0v) is 14.6. The minimum Gasteiger partial charge on any atom is -0.480 e. The van der Waals surface area contributed by atoms with Crippen LogP contribution in [0.15, 0.2) is 6.20 Å². The van der Waals surface area contributed by atoms with E-state index < -0.39 is 12.0 Å². The smallest absolute Gasteiger partial charge is 0.330 e. The second kappa shape index (κ2) is 6.71. The fourth-order valence-corrected chi connectivity index (χ4v) is 4.20. The van der Waals surface area contributed by atoms with Crippen LogP contribution in [0.1, 0.15) is 37.2 Å². The maximum atomic E-state index is 12.9. The number of aliphatic carboxylic acids is 1. The van der Waals surface area contributed by atoms with Gasteiger partial charge in [0.2, 0.25) is 5.91 Å². The molecule has 4 heterocycles. The average Bonchev–Trinajstić information content (AvgIpc) is 3.31. The number of carboxylic acids is 1. The summed E-state index contributed by atoms with van der Waals surface area (Å²) in [6, 6.07) is -0.902. The third kappa shape index (κ3) is 2.86. The summed E-state index contributed by atoms with van der Waals surface area (Å²) in [7, 11) is 0. The van der Waals surface area contributed by atoms with Crippen LogP contribution in [0.5, 0.6) is 0 Å². The largest absolute Gasteiger partial charge is 0.480 e. The van der Waals surface area contributed by atoms with Crippen LogP contribution in [-0.4, -0.2) is 74.1 Å². The molecule has 0 saturated carbocycles. The molecule has 2 amide bonds. The van der Waals surface area contributed by atoms with E-state index in [-0.39, 0.29) is 24.4 Å². The zero-order chi connectivity index (χ0) is 18.3. The molecule has 140 valence electrons. The molecular formula is C17H23N5O4. The standard InChI is InChI=1S/C17H23N5O4/c23-15-2-1-7-20(15)13(16(24)25)8-14-19-9-12-10-21(17(26)22(12)14)11-3-5-18-6-4-11/h9,11,13,18H,1-8,10H2,(H,24,25). The van der Waals surface area contributed by atoms with Gasteiger partial charge in [-0.3, -0.25) is 9.36 Å². The van der Waals surface area contributed by atoms with Gasteiger partial charge in [0.1, 0.15) is 11.9 Å². The molecule has 2 saturated heterocycles. The summed E-state index contributed by atoms with van der Waals surface area (Å²) in [5.41, 5.74) is 0.792. The lowest BCUT2D eigenvalue weighted by Gasteiger charge is -2.31. The van der Waals surface area contributed by atoms with Crippen molar-refractivity contribution in [3.05, 3.63) is 17.7 Å². The molecule has 1 aromatic heterocycles. The number of likely N-dealkylation sites (tertiary alicyclic amines) is 1. The van der Waals surface area contributed by atoms with E-state index in [1.165, 1.54) is 4.90 Å². The van der Waals surface area contributed by atoms with Gasteiger partial charge in [0.25, 0.3) is 0 Å². The van der Waals surface area contributed by atoms with Crippen LogP contribution in [0.4, 0.5) is 4.79 Å². The number of nitrogens with zero attached hydrogens (tertiary/aromatic N) is 4. The molecule has 0 spiro atoms. The summed E-state index contributed by atoms with van der Waals surface area (Å²) in [4.78, 5) is 44.1. The Morgan fingerprint density at radius 1 is 1.35 bits per heavy atom. The lowest BCUT2D eigenvalue weighted by atomic mass is 10.1. The molecule has 0 radical (unpaired) electrons. The molecule has 0 aromatic carbocycles. The van der Waals surface area contributed by atoms with Crippen molar-refractivity contribution in [2.75, 3.05) is 19.6 Å². The second-order valence-electron chi connectivity index (χ2n) is 7.14. The fraction of sp³-hybridized carbons (Fsp3) is 0.647. The number of rotatable bonds is 5. The SMILES string of the molecule is O=C(O)C(Cc1ncc2n1C(=O)N(C1CCNCC1)C2)N1CCCC1=O. The van der Waals surface area contributed by atoms with E-state index >= 15 is 0 Å². The van der Waals surface area contributed by atoms with Crippen molar-refractivity contribution in [3.8, 4) is 0 Å². The Kier molecular flexibility index (Phi) is 4.39. The first kappa shape index (κ1) is 17.0. The Morgan fingerprint density at radius 2 is 2.12 bits per heavy atom. The quantitative estimate of drug-likeness (QED) is 0.767. The fourth-order valence-electron chi connectivity index (χ4n) is 4.20. The summed E-state index contributed by atoms with van der Waals surface area (Å²) in [6.07, 6.45) is 4.58. The van der Waals surface area contributed by atoms with Gasteiger partial charge in [-0.05, 0) is 32.4 Å². The highest BCUT2D eigenvalue weighted by atomic mass is 16.4. The number of fused-ring (bicyclic) bond motifs is 1. The Labute approximate surface area is 151 Å². The molecule has 9 heteroatoms. The minimum atomic E-state index is -1.06. The van der Waals surface area contributed by atoms with Gasteiger partial charge in [0, 0.05) is 25.4 Å². The predicted octanol–water partition coefficient (Wildman–Crippen LogP) is 0.0369. The van der Waals surface area contributed by atoms with Crippen LogP contribution in [0.25, 0.3) is 0 Å². The van der Waals surface area contributed by atoms with Crippen molar-refractivity contribution in [2.45, 2.75) is 50.7 Å². The molecule has 9 nitrogen and oxygen atoms in total. The second-order valence-corrected chi connectivity index (χ2v) is 7.14. The lowest BCUT2D eigenvalue weighted by molar-refractivity contribution is -0.148.